The number of hydrogen-bond acceptors (Lipinski definition) is 2. The van der Waals surface area contributed by atoms with Crippen molar-refractivity contribution < 1.29 is 0 Å². The summed E-state index contributed by atoms with van der Waals surface area (Å²) in [6.07, 6.45) is 4.32. The molecule has 1 N–H and O–H groups in total. The molecule has 2 aromatic carbocycles. The Morgan fingerprint density at radius 3 is 2.39 bits per heavy atom. The second kappa shape index (κ2) is 5.69. The van der Waals surface area contributed by atoms with E-state index < -0.39 is 0 Å². The summed E-state index contributed by atoms with van der Waals surface area (Å²) >= 11 is 0. The van der Waals surface area contributed by atoms with Gasteiger partial charge in [0.15, 0.2) is 0 Å². The van der Waals surface area contributed by atoms with Gasteiger partial charge >= 0.3 is 0 Å². The van der Waals surface area contributed by atoms with E-state index in [-0.39, 0.29) is 11.5 Å². The molecule has 1 aromatic heterocycles. The highest BCUT2D eigenvalue weighted by Crippen LogP contribution is 2.39. The predicted molar refractivity (Wildman–Crippen MR) is 92.1 cm³/mol. The third-order valence-electron chi connectivity index (χ3n) is 4.35. The van der Waals surface area contributed by atoms with E-state index >= 15 is 0 Å². The molecule has 3 aromatic rings. The summed E-state index contributed by atoms with van der Waals surface area (Å²) in [6.45, 7) is 0. The zero-order valence-electron chi connectivity index (χ0n) is 12.6. The number of hydrogen-bond donors (Lipinski definition) is 1. The van der Waals surface area contributed by atoms with E-state index in [4.69, 9.17) is 0 Å². The summed E-state index contributed by atoms with van der Waals surface area (Å²) in [5.41, 5.74) is 5.03. The Morgan fingerprint density at radius 1 is 0.957 bits per heavy atom. The summed E-state index contributed by atoms with van der Waals surface area (Å²) in [7, 11) is 0. The first-order chi connectivity index (χ1) is 11.3. The number of benzene rings is 2. The van der Waals surface area contributed by atoms with Crippen molar-refractivity contribution in [2.75, 3.05) is 0 Å². The molecule has 0 aliphatic heterocycles. The maximum absolute atomic E-state index is 12.4. The zero-order valence-corrected chi connectivity index (χ0v) is 12.6. The predicted octanol–water partition coefficient (Wildman–Crippen LogP) is 3.85. The highest BCUT2D eigenvalue weighted by molar-refractivity contribution is 5.84. The monoisotopic (exact) mass is 300 g/mol. The number of aromatic amines is 1. The molecule has 0 fully saturated rings. The van der Waals surface area contributed by atoms with Crippen LogP contribution >= 0.6 is 0 Å². The molecule has 0 bridgehead atoms. The molecule has 3 nitrogen and oxygen atoms in total. The SMILES string of the molecule is O=c1[nH]cnc2c1C(c1ccccc1)CC(c1ccccc1)=C2. The van der Waals surface area contributed by atoms with Crippen molar-refractivity contribution in [1.82, 2.24) is 9.97 Å². The Morgan fingerprint density at radius 2 is 1.65 bits per heavy atom. The largest absolute Gasteiger partial charge is 0.313 e. The van der Waals surface area contributed by atoms with Crippen LogP contribution in [0.4, 0.5) is 0 Å². The highest BCUT2D eigenvalue weighted by atomic mass is 16.1. The lowest BCUT2D eigenvalue weighted by atomic mass is 9.79. The maximum atomic E-state index is 12.4. The summed E-state index contributed by atoms with van der Waals surface area (Å²) in [4.78, 5) is 19.5. The van der Waals surface area contributed by atoms with E-state index in [1.165, 1.54) is 17.5 Å². The van der Waals surface area contributed by atoms with Gasteiger partial charge in [0, 0.05) is 5.92 Å². The smallest absolute Gasteiger partial charge is 0.255 e. The number of rotatable bonds is 2. The van der Waals surface area contributed by atoms with Gasteiger partial charge in [-0.1, -0.05) is 60.7 Å². The summed E-state index contributed by atoms with van der Waals surface area (Å²) in [6, 6.07) is 20.5. The van der Waals surface area contributed by atoms with Crippen molar-refractivity contribution >= 4 is 11.6 Å². The van der Waals surface area contributed by atoms with Gasteiger partial charge in [-0.05, 0) is 29.2 Å². The van der Waals surface area contributed by atoms with Crippen LogP contribution in [0.5, 0.6) is 0 Å². The minimum Gasteiger partial charge on any atom is -0.313 e. The molecule has 0 amide bonds. The Labute approximate surface area is 134 Å². The van der Waals surface area contributed by atoms with E-state index in [1.807, 2.05) is 42.5 Å². The number of aromatic nitrogens is 2. The van der Waals surface area contributed by atoms with Crippen LogP contribution in [0.3, 0.4) is 0 Å². The van der Waals surface area contributed by atoms with Crippen LogP contribution in [0.1, 0.15) is 34.7 Å². The molecular formula is C20H16N2O. The highest BCUT2D eigenvalue weighted by Gasteiger charge is 2.26. The first-order valence-electron chi connectivity index (χ1n) is 7.71. The molecule has 1 aliphatic carbocycles. The standard InChI is InChI=1S/C20H16N2O/c23-20-19-17(15-9-5-2-6-10-15)11-16(12-18(19)21-13-22-20)14-7-3-1-4-8-14/h1-10,12-13,17H,11H2,(H,21,22,23). The first kappa shape index (κ1) is 13.7. The lowest BCUT2D eigenvalue weighted by Crippen LogP contribution is -2.22. The van der Waals surface area contributed by atoms with Gasteiger partial charge in [0.05, 0.1) is 17.6 Å². The van der Waals surface area contributed by atoms with Crippen LogP contribution in [0.2, 0.25) is 0 Å². The molecule has 1 atom stereocenters. The van der Waals surface area contributed by atoms with Crippen LogP contribution in [0, 0.1) is 0 Å². The van der Waals surface area contributed by atoms with Gasteiger partial charge in [0.25, 0.3) is 5.56 Å². The molecule has 0 spiro atoms. The number of H-pyrrole nitrogens is 1. The fourth-order valence-electron chi connectivity index (χ4n) is 3.25. The van der Waals surface area contributed by atoms with E-state index in [1.54, 1.807) is 0 Å². The van der Waals surface area contributed by atoms with E-state index in [0.717, 1.165) is 23.2 Å². The van der Waals surface area contributed by atoms with Gasteiger partial charge < -0.3 is 4.98 Å². The van der Waals surface area contributed by atoms with Crippen molar-refractivity contribution in [3.8, 4) is 0 Å². The van der Waals surface area contributed by atoms with E-state index in [2.05, 4.69) is 34.2 Å². The van der Waals surface area contributed by atoms with Gasteiger partial charge in [-0.2, -0.15) is 0 Å². The Hall–Kier alpha value is -2.94. The van der Waals surface area contributed by atoms with Crippen molar-refractivity contribution in [2.45, 2.75) is 12.3 Å². The molecule has 23 heavy (non-hydrogen) atoms. The van der Waals surface area contributed by atoms with Crippen molar-refractivity contribution in [3.63, 3.8) is 0 Å². The number of nitrogens with zero attached hydrogens (tertiary/aromatic N) is 1. The molecule has 0 saturated heterocycles. The maximum Gasteiger partial charge on any atom is 0.255 e. The molecule has 1 heterocycles. The number of fused-ring (bicyclic) bond motifs is 1. The van der Waals surface area contributed by atoms with Crippen LogP contribution in [0.15, 0.2) is 71.8 Å². The van der Waals surface area contributed by atoms with Gasteiger partial charge in [-0.15, -0.1) is 0 Å². The van der Waals surface area contributed by atoms with Crippen LogP contribution < -0.4 is 5.56 Å². The Balaban J connectivity index is 1.90. The number of nitrogens with one attached hydrogen (secondary N) is 1. The summed E-state index contributed by atoms with van der Waals surface area (Å²) < 4.78 is 0. The van der Waals surface area contributed by atoms with Crippen LogP contribution in [-0.2, 0) is 0 Å². The topological polar surface area (TPSA) is 45.8 Å². The zero-order chi connectivity index (χ0) is 15.6. The fraction of sp³-hybridized carbons (Fsp3) is 0.100. The molecular weight excluding hydrogens is 284 g/mol. The van der Waals surface area contributed by atoms with Crippen LogP contribution in [-0.4, -0.2) is 9.97 Å². The van der Waals surface area contributed by atoms with E-state index in [9.17, 15) is 4.79 Å². The molecule has 1 unspecified atom stereocenters. The quantitative estimate of drug-likeness (QED) is 0.781. The first-order valence-corrected chi connectivity index (χ1v) is 7.71. The van der Waals surface area contributed by atoms with E-state index in [0.29, 0.717) is 0 Å². The lowest BCUT2D eigenvalue weighted by molar-refractivity contribution is 0.798. The Kier molecular flexibility index (Phi) is 3.39. The average Bonchev–Trinajstić information content (AvgIpc) is 2.62. The minimum atomic E-state index is -0.0489. The van der Waals surface area contributed by atoms with Crippen LogP contribution in [0.25, 0.3) is 11.6 Å². The van der Waals surface area contributed by atoms with Gasteiger partial charge in [0.1, 0.15) is 0 Å². The second-order valence-electron chi connectivity index (χ2n) is 5.73. The summed E-state index contributed by atoms with van der Waals surface area (Å²) in [5.74, 6) is 0.0313. The van der Waals surface area contributed by atoms with Crippen molar-refractivity contribution in [2.24, 2.45) is 0 Å². The third kappa shape index (κ3) is 2.50. The molecule has 4 rings (SSSR count). The van der Waals surface area contributed by atoms with Crippen molar-refractivity contribution in [3.05, 3.63) is 99.7 Å². The summed E-state index contributed by atoms with van der Waals surface area (Å²) in [5, 5.41) is 0. The van der Waals surface area contributed by atoms with Crippen molar-refractivity contribution in [1.29, 1.82) is 0 Å². The fourth-order valence-corrected chi connectivity index (χ4v) is 3.25. The molecule has 1 aliphatic rings. The lowest BCUT2D eigenvalue weighted by Gasteiger charge is -2.24. The normalized spacial score (nSPS) is 16.5. The average molecular weight is 300 g/mol. The molecule has 3 heteroatoms. The number of allylic oxidation sites excluding steroid dienone is 1. The molecule has 0 radical (unpaired) electrons. The van der Waals surface area contributed by atoms with Gasteiger partial charge in [-0.3, -0.25) is 4.79 Å². The molecule has 112 valence electrons. The second-order valence-corrected chi connectivity index (χ2v) is 5.73. The molecule has 0 saturated carbocycles. The Bertz CT molecular complexity index is 911. The minimum absolute atomic E-state index is 0.0313. The van der Waals surface area contributed by atoms with Gasteiger partial charge in [0.2, 0.25) is 0 Å². The third-order valence-corrected chi connectivity index (χ3v) is 4.35. The van der Waals surface area contributed by atoms with Gasteiger partial charge in [-0.25, -0.2) is 4.98 Å².